The van der Waals surface area contributed by atoms with E-state index in [1.54, 1.807) is 28.3 Å². The van der Waals surface area contributed by atoms with Crippen LogP contribution in [0.2, 0.25) is 0 Å². The number of rotatable bonds is 11. The smallest absolute Gasteiger partial charge is 0.407 e. The van der Waals surface area contributed by atoms with Gasteiger partial charge in [0.05, 0.1) is 43.0 Å². The molecule has 5 N–H and O–H groups in total. The molecular formula is C39H45FN8O6. The van der Waals surface area contributed by atoms with E-state index >= 15 is 4.39 Å². The number of halogens is 1. The predicted octanol–water partition coefficient (Wildman–Crippen LogP) is 6.03. The van der Waals surface area contributed by atoms with Crippen LogP contribution < -0.4 is 10.6 Å². The van der Waals surface area contributed by atoms with Gasteiger partial charge in [-0.25, -0.2) is 23.9 Å². The summed E-state index contributed by atoms with van der Waals surface area (Å²) in [5.41, 5.74) is 4.01. The number of benzene rings is 2. The van der Waals surface area contributed by atoms with E-state index in [0.717, 1.165) is 48.9 Å². The van der Waals surface area contributed by atoms with Crippen molar-refractivity contribution >= 4 is 24.0 Å². The molecule has 4 amide bonds. The van der Waals surface area contributed by atoms with E-state index in [1.807, 2.05) is 44.2 Å². The molecule has 0 spiro atoms. The SMILES string of the molecule is COC(=O)N[C@H](C(=O)N1CCC[C@H]1c1ncc(-c2ccc(-c3ccc(-c4cnc([C@@H]5CCCN5C(=O)[C@@H](NC(=O)O)C5CC5)[nH]4)c(F)c3)cc2)[nH]1)C(C)C. The van der Waals surface area contributed by atoms with Crippen molar-refractivity contribution in [3.05, 3.63) is 72.3 Å². The van der Waals surface area contributed by atoms with Gasteiger partial charge in [0.15, 0.2) is 0 Å². The Morgan fingerprint density at radius 2 is 1.39 bits per heavy atom. The number of aromatic amines is 2. The third kappa shape index (κ3) is 7.52. The fraction of sp³-hybridized carbons (Fsp3) is 0.436. The van der Waals surface area contributed by atoms with Gasteiger partial charge in [-0.15, -0.1) is 0 Å². The first-order chi connectivity index (χ1) is 26.0. The first kappa shape index (κ1) is 36.6. The van der Waals surface area contributed by atoms with Crippen LogP contribution in [0.4, 0.5) is 14.0 Å². The minimum Gasteiger partial charge on any atom is -0.465 e. The summed E-state index contributed by atoms with van der Waals surface area (Å²) < 4.78 is 20.4. The second kappa shape index (κ2) is 15.3. The van der Waals surface area contributed by atoms with Gasteiger partial charge in [0.25, 0.3) is 0 Å². The zero-order chi connectivity index (χ0) is 38.1. The highest BCUT2D eigenvalue weighted by Crippen LogP contribution is 2.38. The van der Waals surface area contributed by atoms with E-state index in [0.29, 0.717) is 48.0 Å². The van der Waals surface area contributed by atoms with Crippen LogP contribution in [-0.2, 0) is 14.3 Å². The minimum atomic E-state index is -1.21. The topological polar surface area (TPSA) is 186 Å². The Labute approximate surface area is 311 Å². The number of likely N-dealkylation sites (tertiary alicyclic amines) is 2. The van der Waals surface area contributed by atoms with Crippen molar-refractivity contribution in [1.29, 1.82) is 0 Å². The molecule has 14 nitrogen and oxygen atoms in total. The zero-order valence-electron chi connectivity index (χ0n) is 30.5. The lowest BCUT2D eigenvalue weighted by atomic mass is 10.0. The summed E-state index contributed by atoms with van der Waals surface area (Å²) in [5.74, 6) is 0.255. The molecule has 3 aliphatic rings. The van der Waals surface area contributed by atoms with Gasteiger partial charge in [0.1, 0.15) is 29.5 Å². The Morgan fingerprint density at radius 1 is 0.815 bits per heavy atom. The van der Waals surface area contributed by atoms with E-state index in [2.05, 4.69) is 30.6 Å². The molecular weight excluding hydrogens is 695 g/mol. The maximum absolute atomic E-state index is 15.6. The Kier molecular flexibility index (Phi) is 10.4. The van der Waals surface area contributed by atoms with Gasteiger partial charge in [-0.2, -0.15) is 0 Å². The number of alkyl carbamates (subject to hydrolysis) is 1. The summed E-state index contributed by atoms with van der Waals surface area (Å²) in [6, 6.07) is 10.6. The van der Waals surface area contributed by atoms with E-state index in [-0.39, 0.29) is 35.7 Å². The van der Waals surface area contributed by atoms with Gasteiger partial charge in [0.2, 0.25) is 11.8 Å². The quantitative estimate of drug-likeness (QED) is 0.123. The van der Waals surface area contributed by atoms with Crippen molar-refractivity contribution in [2.45, 2.75) is 76.5 Å². The second-order valence-electron chi connectivity index (χ2n) is 14.6. The summed E-state index contributed by atoms with van der Waals surface area (Å²) >= 11 is 0. The van der Waals surface area contributed by atoms with Gasteiger partial charge in [-0.05, 0) is 79.2 Å². The Morgan fingerprint density at radius 3 is 1.96 bits per heavy atom. The van der Waals surface area contributed by atoms with Crippen LogP contribution in [0.5, 0.6) is 0 Å². The summed E-state index contributed by atoms with van der Waals surface area (Å²) in [7, 11) is 1.27. The van der Waals surface area contributed by atoms with Crippen molar-refractivity contribution < 1.29 is 33.4 Å². The van der Waals surface area contributed by atoms with Crippen molar-refractivity contribution in [2.24, 2.45) is 11.8 Å². The molecule has 4 heterocycles. The number of ether oxygens (including phenoxy) is 1. The number of H-pyrrole nitrogens is 2. The molecule has 2 aromatic heterocycles. The van der Waals surface area contributed by atoms with Gasteiger partial charge in [-0.1, -0.05) is 44.2 Å². The average molecular weight is 741 g/mol. The molecule has 15 heteroatoms. The molecule has 0 unspecified atom stereocenters. The molecule has 284 valence electrons. The van der Waals surface area contributed by atoms with Crippen LogP contribution in [-0.4, -0.2) is 91.1 Å². The number of amides is 4. The van der Waals surface area contributed by atoms with Gasteiger partial charge < -0.3 is 40.2 Å². The summed E-state index contributed by atoms with van der Waals surface area (Å²) in [6.45, 7) is 4.82. The number of hydrogen-bond donors (Lipinski definition) is 5. The normalized spacial score (nSPS) is 19.5. The first-order valence-corrected chi connectivity index (χ1v) is 18.5. The lowest BCUT2D eigenvalue weighted by molar-refractivity contribution is -0.136. The van der Waals surface area contributed by atoms with E-state index in [4.69, 9.17) is 4.74 Å². The average Bonchev–Trinajstić information content (AvgIpc) is 3.63. The van der Waals surface area contributed by atoms with Crippen LogP contribution in [0.3, 0.4) is 0 Å². The number of carbonyl (C=O) groups is 4. The molecule has 4 atom stereocenters. The molecule has 2 aromatic carbocycles. The molecule has 3 fully saturated rings. The number of imidazole rings is 2. The van der Waals surface area contributed by atoms with Crippen LogP contribution >= 0.6 is 0 Å². The van der Waals surface area contributed by atoms with E-state index in [1.165, 1.54) is 13.2 Å². The minimum absolute atomic E-state index is 0.0126. The summed E-state index contributed by atoms with van der Waals surface area (Å²) in [6.07, 6.45) is 6.07. The molecule has 0 radical (unpaired) electrons. The highest BCUT2D eigenvalue weighted by atomic mass is 19.1. The van der Waals surface area contributed by atoms with Gasteiger partial charge >= 0.3 is 12.2 Å². The first-order valence-electron chi connectivity index (χ1n) is 18.5. The Hall–Kier alpha value is -5.73. The van der Waals surface area contributed by atoms with Crippen molar-refractivity contribution in [2.75, 3.05) is 20.2 Å². The number of carbonyl (C=O) groups excluding carboxylic acids is 3. The monoisotopic (exact) mass is 740 g/mol. The van der Waals surface area contributed by atoms with Crippen LogP contribution in [0.15, 0.2) is 54.9 Å². The molecule has 2 saturated heterocycles. The van der Waals surface area contributed by atoms with Crippen LogP contribution in [0.25, 0.3) is 33.6 Å². The van der Waals surface area contributed by atoms with Crippen molar-refractivity contribution in [3.8, 4) is 33.6 Å². The van der Waals surface area contributed by atoms with E-state index < -0.39 is 30.1 Å². The number of nitrogens with zero attached hydrogens (tertiary/aromatic N) is 4. The second-order valence-corrected chi connectivity index (χ2v) is 14.6. The highest BCUT2D eigenvalue weighted by molar-refractivity contribution is 5.87. The third-order valence-electron chi connectivity index (χ3n) is 10.7. The predicted molar refractivity (Wildman–Crippen MR) is 196 cm³/mol. The molecule has 1 aliphatic carbocycles. The molecule has 2 aliphatic heterocycles. The number of aromatic nitrogens is 4. The van der Waals surface area contributed by atoms with Crippen molar-refractivity contribution in [3.63, 3.8) is 0 Å². The van der Waals surface area contributed by atoms with Crippen LogP contribution in [0.1, 0.15) is 76.1 Å². The Balaban J connectivity index is 1.02. The molecule has 7 rings (SSSR count). The lowest BCUT2D eigenvalue weighted by Crippen LogP contribution is -2.51. The molecule has 0 bridgehead atoms. The van der Waals surface area contributed by atoms with Crippen LogP contribution in [0, 0.1) is 17.7 Å². The molecule has 4 aromatic rings. The van der Waals surface area contributed by atoms with Gasteiger partial charge in [0, 0.05) is 18.7 Å². The maximum atomic E-state index is 15.6. The van der Waals surface area contributed by atoms with E-state index in [9.17, 15) is 24.3 Å². The summed E-state index contributed by atoms with van der Waals surface area (Å²) in [4.78, 5) is 69.4. The number of carboxylic acid groups (broad SMARTS) is 1. The van der Waals surface area contributed by atoms with Gasteiger partial charge in [-0.3, -0.25) is 9.59 Å². The van der Waals surface area contributed by atoms with Crippen molar-refractivity contribution in [1.82, 2.24) is 40.4 Å². The molecule has 54 heavy (non-hydrogen) atoms. The lowest BCUT2D eigenvalue weighted by Gasteiger charge is -2.30. The largest absolute Gasteiger partial charge is 0.465 e. The Bertz CT molecular complexity index is 2020. The summed E-state index contributed by atoms with van der Waals surface area (Å²) in [5, 5.41) is 14.4. The number of nitrogens with one attached hydrogen (secondary N) is 4. The molecule has 1 saturated carbocycles. The standard InChI is InChI=1S/C39H45FN8O6/c1-21(2)32(46-39(53)54-3)36(49)47-16-4-6-30(47)34-41-19-28(43-34)23-10-8-22(9-11-23)25-14-15-26(27(40)18-25)29-20-42-35(44-29)31-7-5-17-48(31)37(50)33(24-12-13-24)45-38(51)52/h8-11,14-15,18-21,24,30-33,45H,4-7,12-13,16-17H2,1-3H3,(H,41,43)(H,42,44)(H,46,53)(H,51,52)/t30-,31-,32-,33-/m0/s1. The maximum Gasteiger partial charge on any atom is 0.407 e. The fourth-order valence-electron chi connectivity index (χ4n) is 7.68. The third-order valence-corrected chi connectivity index (χ3v) is 10.7. The highest BCUT2D eigenvalue weighted by Gasteiger charge is 2.43. The zero-order valence-corrected chi connectivity index (χ0v) is 30.5. The number of hydrogen-bond acceptors (Lipinski definition) is 7. The number of methoxy groups -OCH3 is 1. The fourth-order valence-corrected chi connectivity index (χ4v) is 7.68.